The van der Waals surface area contributed by atoms with E-state index in [1.807, 2.05) is 0 Å². The van der Waals surface area contributed by atoms with Crippen molar-refractivity contribution in [3.63, 3.8) is 0 Å². The van der Waals surface area contributed by atoms with Crippen molar-refractivity contribution in [2.24, 2.45) is 0 Å². The average molecular weight is 295 g/mol. The van der Waals surface area contributed by atoms with E-state index < -0.39 is 9.84 Å². The van der Waals surface area contributed by atoms with E-state index in [0.717, 1.165) is 11.3 Å². The van der Waals surface area contributed by atoms with Crippen LogP contribution < -0.4 is 4.90 Å². The normalized spacial score (nSPS) is 14.2. The Morgan fingerprint density at radius 3 is 2.55 bits per heavy atom. The van der Waals surface area contributed by atoms with Gasteiger partial charge in [-0.3, -0.25) is 9.59 Å². The molecule has 1 aromatic rings. The second-order valence-electron chi connectivity index (χ2n) is 4.98. The highest BCUT2D eigenvalue weighted by Gasteiger charge is 2.24. The molecule has 0 fully saturated rings. The summed E-state index contributed by atoms with van der Waals surface area (Å²) >= 11 is 0. The maximum atomic E-state index is 12.1. The van der Waals surface area contributed by atoms with E-state index in [-0.39, 0.29) is 28.8 Å². The number of benzene rings is 1. The number of hydrogen-bond donors (Lipinski definition) is 0. The number of hydrogen-bond acceptors (Lipinski definition) is 4. The molecule has 1 heterocycles. The molecule has 0 saturated carbocycles. The number of carbonyl (C=O) groups excluding carboxylic acids is 2. The quantitative estimate of drug-likeness (QED) is 0.840. The van der Waals surface area contributed by atoms with E-state index in [1.54, 1.807) is 17.0 Å². The monoisotopic (exact) mass is 295 g/mol. The van der Waals surface area contributed by atoms with Crippen molar-refractivity contribution in [1.29, 1.82) is 0 Å². The van der Waals surface area contributed by atoms with Gasteiger partial charge in [-0.15, -0.1) is 0 Å². The molecule has 108 valence electrons. The Hall–Kier alpha value is -1.69. The lowest BCUT2D eigenvalue weighted by atomic mass is 10.2. The molecule has 5 nitrogen and oxygen atoms in total. The summed E-state index contributed by atoms with van der Waals surface area (Å²) in [6.45, 7) is 3.46. The molecule has 1 amide bonds. The standard InChI is InChI=1S/C14H17NO4S/c1-10(16)6-8-20(18,19)13-3-4-14-12(9-13)5-7-15(14)11(2)17/h3-4,9H,5-8H2,1-2H3. The molecule has 0 unspecified atom stereocenters. The van der Waals surface area contributed by atoms with Gasteiger partial charge in [0.25, 0.3) is 0 Å². The van der Waals surface area contributed by atoms with Crippen LogP contribution in [-0.2, 0) is 25.8 Å². The number of fused-ring (bicyclic) bond motifs is 1. The van der Waals surface area contributed by atoms with Crippen LogP contribution in [0.15, 0.2) is 23.1 Å². The summed E-state index contributed by atoms with van der Waals surface area (Å²) in [6.07, 6.45) is 0.684. The molecule has 0 bridgehead atoms. The fraction of sp³-hybridized carbons (Fsp3) is 0.429. The van der Waals surface area contributed by atoms with Crippen LogP contribution in [0.25, 0.3) is 0 Å². The van der Waals surface area contributed by atoms with Gasteiger partial charge in [-0.1, -0.05) is 0 Å². The van der Waals surface area contributed by atoms with Crippen LogP contribution in [0.1, 0.15) is 25.8 Å². The molecule has 0 atom stereocenters. The van der Waals surface area contributed by atoms with E-state index in [2.05, 4.69) is 0 Å². The van der Waals surface area contributed by atoms with Gasteiger partial charge in [-0.05, 0) is 37.1 Å². The lowest BCUT2D eigenvalue weighted by molar-refractivity contribution is -0.117. The molecule has 0 saturated heterocycles. The Labute approximate surface area is 118 Å². The summed E-state index contributed by atoms with van der Waals surface area (Å²) in [5.74, 6) is -0.356. The summed E-state index contributed by atoms with van der Waals surface area (Å²) in [7, 11) is -3.44. The third-order valence-electron chi connectivity index (χ3n) is 3.41. The van der Waals surface area contributed by atoms with Crippen molar-refractivity contribution in [1.82, 2.24) is 0 Å². The lowest BCUT2D eigenvalue weighted by Crippen LogP contribution is -2.25. The average Bonchev–Trinajstić information content (AvgIpc) is 2.79. The number of nitrogens with zero attached hydrogens (tertiary/aromatic N) is 1. The summed E-state index contributed by atoms with van der Waals surface area (Å²) in [4.78, 5) is 24.2. The second kappa shape index (κ2) is 5.36. The number of carbonyl (C=O) groups is 2. The maximum Gasteiger partial charge on any atom is 0.223 e. The summed E-state index contributed by atoms with van der Waals surface area (Å²) in [6, 6.07) is 4.80. The van der Waals surface area contributed by atoms with Crippen molar-refractivity contribution in [2.45, 2.75) is 31.6 Å². The summed E-state index contributed by atoms with van der Waals surface area (Å²) < 4.78 is 24.2. The molecular weight excluding hydrogens is 278 g/mol. The predicted molar refractivity (Wildman–Crippen MR) is 75.5 cm³/mol. The molecule has 20 heavy (non-hydrogen) atoms. The van der Waals surface area contributed by atoms with Gasteiger partial charge in [0.15, 0.2) is 9.84 Å². The zero-order valence-corrected chi connectivity index (χ0v) is 12.4. The van der Waals surface area contributed by atoms with Crippen LogP contribution >= 0.6 is 0 Å². The van der Waals surface area contributed by atoms with Crippen LogP contribution in [0.3, 0.4) is 0 Å². The number of sulfone groups is 1. The SMILES string of the molecule is CC(=O)CCS(=O)(=O)c1ccc2c(c1)CCN2C(C)=O. The third kappa shape index (κ3) is 2.90. The first kappa shape index (κ1) is 14.7. The number of Topliss-reactive ketones (excluding diaryl/α,β-unsaturated/α-hetero) is 1. The predicted octanol–water partition coefficient (Wildman–Crippen LogP) is 1.35. The molecule has 1 aliphatic rings. The number of amides is 1. The molecule has 6 heteroatoms. The van der Waals surface area contributed by atoms with Gasteiger partial charge in [0.2, 0.25) is 5.91 Å². The molecule has 1 aliphatic heterocycles. The van der Waals surface area contributed by atoms with E-state index in [1.165, 1.54) is 19.9 Å². The summed E-state index contributed by atoms with van der Waals surface area (Å²) in [5.41, 5.74) is 1.65. The van der Waals surface area contributed by atoms with Crippen LogP contribution in [0.4, 0.5) is 5.69 Å². The fourth-order valence-corrected chi connectivity index (χ4v) is 3.68. The Morgan fingerprint density at radius 1 is 1.25 bits per heavy atom. The molecule has 2 rings (SSSR count). The van der Waals surface area contributed by atoms with Gasteiger partial charge < -0.3 is 4.90 Å². The van der Waals surface area contributed by atoms with Gasteiger partial charge in [-0.25, -0.2) is 8.42 Å². The van der Waals surface area contributed by atoms with Gasteiger partial charge in [-0.2, -0.15) is 0 Å². The highest BCUT2D eigenvalue weighted by atomic mass is 32.2. The van der Waals surface area contributed by atoms with E-state index in [4.69, 9.17) is 0 Å². The van der Waals surface area contributed by atoms with Crippen LogP contribution in [0.5, 0.6) is 0 Å². The first-order valence-electron chi connectivity index (χ1n) is 6.44. The molecule has 1 aromatic carbocycles. The van der Waals surface area contributed by atoms with Crippen LogP contribution in [0, 0.1) is 0 Å². The zero-order valence-electron chi connectivity index (χ0n) is 11.5. The third-order valence-corrected chi connectivity index (χ3v) is 5.12. The highest BCUT2D eigenvalue weighted by Crippen LogP contribution is 2.30. The van der Waals surface area contributed by atoms with E-state index in [9.17, 15) is 18.0 Å². The van der Waals surface area contributed by atoms with Crippen molar-refractivity contribution >= 4 is 27.2 Å². The minimum Gasteiger partial charge on any atom is -0.312 e. The van der Waals surface area contributed by atoms with Crippen molar-refractivity contribution in [3.05, 3.63) is 23.8 Å². The van der Waals surface area contributed by atoms with Gasteiger partial charge in [0, 0.05) is 25.6 Å². The Balaban J connectivity index is 2.29. The second-order valence-corrected chi connectivity index (χ2v) is 7.09. The molecular formula is C14H17NO4S. The zero-order chi connectivity index (χ0) is 14.9. The van der Waals surface area contributed by atoms with Gasteiger partial charge in [0.1, 0.15) is 5.78 Å². The molecule has 0 radical (unpaired) electrons. The smallest absolute Gasteiger partial charge is 0.223 e. The van der Waals surface area contributed by atoms with Gasteiger partial charge in [0.05, 0.1) is 10.6 Å². The van der Waals surface area contributed by atoms with Crippen molar-refractivity contribution in [3.8, 4) is 0 Å². The molecule has 0 aliphatic carbocycles. The lowest BCUT2D eigenvalue weighted by Gasteiger charge is -2.14. The Bertz CT molecular complexity index is 664. The largest absolute Gasteiger partial charge is 0.312 e. The fourth-order valence-electron chi connectivity index (χ4n) is 2.29. The number of rotatable bonds is 4. The number of anilines is 1. The first-order chi connectivity index (χ1) is 9.31. The van der Waals surface area contributed by atoms with E-state index in [0.29, 0.717) is 13.0 Å². The number of ketones is 1. The van der Waals surface area contributed by atoms with Crippen molar-refractivity contribution < 1.29 is 18.0 Å². The topological polar surface area (TPSA) is 71.5 Å². The minimum absolute atomic E-state index is 0.0268. The van der Waals surface area contributed by atoms with Crippen LogP contribution in [0.2, 0.25) is 0 Å². The maximum absolute atomic E-state index is 12.1. The van der Waals surface area contributed by atoms with Gasteiger partial charge >= 0.3 is 0 Å². The first-order valence-corrected chi connectivity index (χ1v) is 8.10. The Morgan fingerprint density at radius 2 is 1.95 bits per heavy atom. The molecule has 0 spiro atoms. The Kier molecular flexibility index (Phi) is 3.94. The summed E-state index contributed by atoms with van der Waals surface area (Å²) in [5, 5.41) is 0. The highest BCUT2D eigenvalue weighted by molar-refractivity contribution is 7.91. The minimum atomic E-state index is -3.44. The van der Waals surface area contributed by atoms with E-state index >= 15 is 0 Å². The molecule has 0 N–H and O–H groups in total. The van der Waals surface area contributed by atoms with Crippen LogP contribution in [-0.4, -0.2) is 32.4 Å². The van der Waals surface area contributed by atoms with Crippen molar-refractivity contribution in [2.75, 3.05) is 17.2 Å². The molecule has 0 aromatic heterocycles.